The van der Waals surface area contributed by atoms with Crippen molar-refractivity contribution in [3.8, 4) is 0 Å². The molecule has 0 aliphatic heterocycles. The van der Waals surface area contributed by atoms with E-state index in [1.807, 2.05) is 32.2 Å². The largest absolute Gasteiger partial charge is 0.357 e. The van der Waals surface area contributed by atoms with Crippen molar-refractivity contribution in [1.29, 1.82) is 0 Å². The standard InChI is InChI=1S/C16H28N4O2S/c1-4-17-16(18-12-9-13-19-23(21,22)5-2)20(3)14-15-10-7-6-8-11-15/h6-8,10-11,19H,4-5,9,12-14H2,1-3H3,(H,17,18). The summed E-state index contributed by atoms with van der Waals surface area (Å²) in [6, 6.07) is 10.2. The molecule has 6 nitrogen and oxygen atoms in total. The van der Waals surface area contributed by atoms with Gasteiger partial charge in [0.15, 0.2) is 5.96 Å². The molecule has 7 heteroatoms. The zero-order chi connectivity index (χ0) is 17.1. The van der Waals surface area contributed by atoms with E-state index < -0.39 is 10.0 Å². The molecule has 0 spiro atoms. The van der Waals surface area contributed by atoms with E-state index in [1.54, 1.807) is 6.92 Å². The van der Waals surface area contributed by atoms with Crippen LogP contribution in [0.5, 0.6) is 0 Å². The lowest BCUT2D eigenvalue weighted by atomic mass is 10.2. The number of hydrogen-bond donors (Lipinski definition) is 2. The van der Waals surface area contributed by atoms with Gasteiger partial charge in [-0.1, -0.05) is 30.3 Å². The Kier molecular flexibility index (Phi) is 8.65. The van der Waals surface area contributed by atoms with Crippen LogP contribution in [0.1, 0.15) is 25.8 Å². The maximum atomic E-state index is 11.3. The highest BCUT2D eigenvalue weighted by Crippen LogP contribution is 2.03. The van der Waals surface area contributed by atoms with Gasteiger partial charge in [0.2, 0.25) is 10.0 Å². The molecule has 0 saturated carbocycles. The van der Waals surface area contributed by atoms with Gasteiger partial charge in [-0.15, -0.1) is 0 Å². The van der Waals surface area contributed by atoms with Gasteiger partial charge in [0.05, 0.1) is 5.75 Å². The highest BCUT2D eigenvalue weighted by Gasteiger charge is 2.07. The molecule has 0 bridgehead atoms. The van der Waals surface area contributed by atoms with Gasteiger partial charge in [0.25, 0.3) is 0 Å². The van der Waals surface area contributed by atoms with E-state index in [0.717, 1.165) is 19.0 Å². The van der Waals surface area contributed by atoms with Crippen LogP contribution in [0.25, 0.3) is 0 Å². The molecule has 0 saturated heterocycles. The molecule has 0 aliphatic rings. The van der Waals surface area contributed by atoms with Gasteiger partial charge in [-0.05, 0) is 25.8 Å². The number of rotatable bonds is 9. The summed E-state index contributed by atoms with van der Waals surface area (Å²) in [5.74, 6) is 0.938. The summed E-state index contributed by atoms with van der Waals surface area (Å²) in [7, 11) is -1.12. The zero-order valence-corrected chi connectivity index (χ0v) is 15.1. The second-order valence-electron chi connectivity index (χ2n) is 5.23. The van der Waals surface area contributed by atoms with Crippen molar-refractivity contribution in [2.45, 2.75) is 26.8 Å². The minimum atomic E-state index is -3.11. The summed E-state index contributed by atoms with van der Waals surface area (Å²) in [6.07, 6.45) is 0.674. The molecule has 0 aromatic heterocycles. The number of nitrogens with one attached hydrogen (secondary N) is 2. The minimum Gasteiger partial charge on any atom is -0.357 e. The number of hydrogen-bond acceptors (Lipinski definition) is 3. The number of aliphatic imine (C=N–C) groups is 1. The molecule has 130 valence electrons. The van der Waals surface area contributed by atoms with Crippen LogP contribution in [0.4, 0.5) is 0 Å². The van der Waals surface area contributed by atoms with Crippen LogP contribution >= 0.6 is 0 Å². The Morgan fingerprint density at radius 2 is 1.91 bits per heavy atom. The first-order valence-electron chi connectivity index (χ1n) is 7.99. The van der Waals surface area contributed by atoms with Crippen LogP contribution in [-0.4, -0.2) is 51.7 Å². The van der Waals surface area contributed by atoms with E-state index in [9.17, 15) is 8.42 Å². The summed E-state index contributed by atoms with van der Waals surface area (Å²) in [4.78, 5) is 6.62. The highest BCUT2D eigenvalue weighted by molar-refractivity contribution is 7.89. The van der Waals surface area contributed by atoms with Crippen LogP contribution in [0.15, 0.2) is 35.3 Å². The molecule has 0 radical (unpaired) electrons. The summed E-state index contributed by atoms with van der Waals surface area (Å²) >= 11 is 0. The van der Waals surface area contributed by atoms with Crippen molar-refractivity contribution in [2.24, 2.45) is 4.99 Å². The Hall–Kier alpha value is -1.60. The van der Waals surface area contributed by atoms with Crippen molar-refractivity contribution in [2.75, 3.05) is 32.4 Å². The molecular formula is C16H28N4O2S. The molecule has 0 atom stereocenters. The van der Waals surface area contributed by atoms with Gasteiger partial charge in [-0.3, -0.25) is 4.99 Å². The molecule has 1 rings (SSSR count). The van der Waals surface area contributed by atoms with E-state index >= 15 is 0 Å². The van der Waals surface area contributed by atoms with E-state index in [1.165, 1.54) is 5.56 Å². The third-order valence-corrected chi connectivity index (χ3v) is 4.66. The van der Waals surface area contributed by atoms with Crippen molar-refractivity contribution in [1.82, 2.24) is 14.9 Å². The van der Waals surface area contributed by atoms with Gasteiger partial charge in [0.1, 0.15) is 0 Å². The molecule has 1 aromatic rings. The minimum absolute atomic E-state index is 0.110. The fourth-order valence-corrected chi connectivity index (χ4v) is 2.66. The summed E-state index contributed by atoms with van der Waals surface area (Å²) in [6.45, 7) is 6.22. The van der Waals surface area contributed by atoms with E-state index in [-0.39, 0.29) is 5.75 Å². The van der Waals surface area contributed by atoms with Crippen molar-refractivity contribution in [3.63, 3.8) is 0 Å². The Labute approximate surface area is 140 Å². The monoisotopic (exact) mass is 340 g/mol. The fourth-order valence-electron chi connectivity index (χ4n) is 2.00. The average molecular weight is 340 g/mol. The third-order valence-electron chi connectivity index (χ3n) is 3.26. The third kappa shape index (κ3) is 7.99. The highest BCUT2D eigenvalue weighted by atomic mass is 32.2. The normalized spacial score (nSPS) is 12.2. The Balaban J connectivity index is 2.49. The van der Waals surface area contributed by atoms with Crippen LogP contribution in [0, 0.1) is 0 Å². The molecule has 0 fully saturated rings. The smallest absolute Gasteiger partial charge is 0.211 e. The molecule has 0 unspecified atom stereocenters. The Morgan fingerprint density at radius 1 is 1.22 bits per heavy atom. The van der Waals surface area contributed by atoms with Crippen LogP contribution in [0.3, 0.4) is 0 Å². The molecule has 2 N–H and O–H groups in total. The first-order valence-corrected chi connectivity index (χ1v) is 9.64. The predicted molar refractivity (Wildman–Crippen MR) is 96.0 cm³/mol. The maximum Gasteiger partial charge on any atom is 0.211 e. The Bertz CT molecular complexity index is 573. The molecule has 1 aromatic carbocycles. The fraction of sp³-hybridized carbons (Fsp3) is 0.562. The maximum absolute atomic E-state index is 11.3. The number of nitrogens with zero attached hydrogens (tertiary/aromatic N) is 2. The summed E-state index contributed by atoms with van der Waals surface area (Å²) in [5, 5.41) is 3.26. The van der Waals surface area contributed by atoms with E-state index in [2.05, 4.69) is 32.1 Å². The SMILES string of the molecule is CCNC(=NCCCNS(=O)(=O)CC)N(C)Cc1ccccc1. The molecule has 0 aliphatic carbocycles. The first-order chi connectivity index (χ1) is 11.0. The van der Waals surface area contributed by atoms with Crippen molar-refractivity contribution in [3.05, 3.63) is 35.9 Å². The van der Waals surface area contributed by atoms with Crippen LogP contribution in [-0.2, 0) is 16.6 Å². The molecule has 0 heterocycles. The lowest BCUT2D eigenvalue weighted by Gasteiger charge is -2.22. The molecular weight excluding hydrogens is 312 g/mol. The lowest BCUT2D eigenvalue weighted by molar-refractivity contribution is 0.476. The van der Waals surface area contributed by atoms with Crippen LogP contribution < -0.4 is 10.0 Å². The second-order valence-corrected chi connectivity index (χ2v) is 7.32. The van der Waals surface area contributed by atoms with Crippen molar-refractivity contribution >= 4 is 16.0 Å². The number of sulfonamides is 1. The zero-order valence-electron chi connectivity index (χ0n) is 14.2. The van der Waals surface area contributed by atoms with Crippen molar-refractivity contribution < 1.29 is 8.42 Å². The Morgan fingerprint density at radius 3 is 2.52 bits per heavy atom. The first kappa shape index (κ1) is 19.4. The van der Waals surface area contributed by atoms with Gasteiger partial charge in [-0.2, -0.15) is 0 Å². The van der Waals surface area contributed by atoms with Gasteiger partial charge in [0, 0.05) is 33.2 Å². The average Bonchev–Trinajstić information content (AvgIpc) is 2.54. The molecule has 0 amide bonds. The predicted octanol–water partition coefficient (Wildman–Crippen LogP) is 1.41. The summed E-state index contributed by atoms with van der Waals surface area (Å²) < 4.78 is 25.2. The van der Waals surface area contributed by atoms with Gasteiger partial charge >= 0.3 is 0 Å². The molecule has 23 heavy (non-hydrogen) atoms. The van der Waals surface area contributed by atoms with Gasteiger partial charge in [-0.25, -0.2) is 13.1 Å². The number of benzene rings is 1. The van der Waals surface area contributed by atoms with E-state index in [0.29, 0.717) is 19.5 Å². The topological polar surface area (TPSA) is 73.8 Å². The summed E-state index contributed by atoms with van der Waals surface area (Å²) in [5.41, 5.74) is 1.22. The number of guanidine groups is 1. The van der Waals surface area contributed by atoms with Crippen LogP contribution in [0.2, 0.25) is 0 Å². The lowest BCUT2D eigenvalue weighted by Crippen LogP contribution is -2.38. The quantitative estimate of drug-likeness (QED) is 0.405. The van der Waals surface area contributed by atoms with Gasteiger partial charge < -0.3 is 10.2 Å². The second kappa shape index (κ2) is 10.2. The van der Waals surface area contributed by atoms with E-state index in [4.69, 9.17) is 0 Å².